The molecule has 4 atom stereocenters. The number of aliphatic carboxylic acids is 1. The van der Waals surface area contributed by atoms with Crippen molar-refractivity contribution in [2.24, 2.45) is 11.8 Å². The summed E-state index contributed by atoms with van der Waals surface area (Å²) in [4.78, 5) is 13.7. The minimum absolute atomic E-state index is 0.327. The zero-order valence-corrected chi connectivity index (χ0v) is 12.3. The lowest BCUT2D eigenvalue weighted by Crippen LogP contribution is -2.48. The van der Waals surface area contributed by atoms with Gasteiger partial charge in [0.15, 0.2) is 0 Å². The third-order valence-corrected chi connectivity index (χ3v) is 5.41. The lowest BCUT2D eigenvalue weighted by molar-refractivity contribution is -0.140. The second-order valence-corrected chi connectivity index (χ2v) is 6.56. The number of rotatable bonds is 1. The van der Waals surface area contributed by atoms with Crippen LogP contribution in [0.1, 0.15) is 24.0 Å². The zero-order chi connectivity index (χ0) is 14.7. The molecule has 21 heavy (non-hydrogen) atoms. The molecule has 1 aliphatic carbocycles. The van der Waals surface area contributed by atoms with Gasteiger partial charge in [-0.3, -0.25) is 9.69 Å². The maximum Gasteiger partial charge on any atom is 0.311 e. The third-order valence-electron chi connectivity index (χ3n) is 5.41. The molecule has 2 heterocycles. The van der Waals surface area contributed by atoms with Crippen molar-refractivity contribution in [2.75, 3.05) is 25.5 Å². The summed E-state index contributed by atoms with van der Waals surface area (Å²) < 4.78 is 0. The fourth-order valence-electron chi connectivity index (χ4n) is 4.47. The molecule has 0 aromatic heterocycles. The van der Waals surface area contributed by atoms with Gasteiger partial charge in [0, 0.05) is 30.7 Å². The number of likely N-dealkylation sites (N-methyl/N-ethyl adjacent to an activating group) is 1. The highest BCUT2D eigenvalue weighted by Gasteiger charge is 2.45. The van der Waals surface area contributed by atoms with Crippen molar-refractivity contribution in [1.29, 1.82) is 0 Å². The van der Waals surface area contributed by atoms with Crippen LogP contribution in [-0.2, 0) is 4.79 Å². The fourth-order valence-corrected chi connectivity index (χ4v) is 4.47. The molecule has 2 aliphatic heterocycles. The molecular formula is C17H20N2O2. The first-order chi connectivity index (χ1) is 10.1. The van der Waals surface area contributed by atoms with Gasteiger partial charge in [-0.05, 0) is 35.7 Å². The second-order valence-electron chi connectivity index (χ2n) is 6.56. The van der Waals surface area contributed by atoms with Gasteiger partial charge in [0.2, 0.25) is 0 Å². The van der Waals surface area contributed by atoms with Crippen molar-refractivity contribution < 1.29 is 9.90 Å². The summed E-state index contributed by atoms with van der Waals surface area (Å²) in [5.74, 6) is -0.106. The summed E-state index contributed by atoms with van der Waals surface area (Å²) in [7, 11) is 2.06. The van der Waals surface area contributed by atoms with E-state index < -0.39 is 11.9 Å². The molecule has 0 bridgehead atoms. The predicted octanol–water partition coefficient (Wildman–Crippen LogP) is 2.24. The minimum Gasteiger partial charge on any atom is -0.481 e. The van der Waals surface area contributed by atoms with Crippen LogP contribution in [0.5, 0.6) is 0 Å². The molecule has 4 heteroatoms. The summed E-state index contributed by atoms with van der Waals surface area (Å²) in [6.07, 6.45) is 1.99. The molecule has 2 unspecified atom stereocenters. The average Bonchev–Trinajstić information content (AvgIpc) is 2.89. The van der Waals surface area contributed by atoms with E-state index in [2.05, 4.69) is 42.4 Å². The van der Waals surface area contributed by atoms with Crippen LogP contribution in [0.25, 0.3) is 5.57 Å². The van der Waals surface area contributed by atoms with E-state index in [-0.39, 0.29) is 0 Å². The van der Waals surface area contributed by atoms with Crippen molar-refractivity contribution in [3.05, 3.63) is 35.4 Å². The van der Waals surface area contributed by atoms with E-state index in [1.165, 1.54) is 22.4 Å². The number of nitrogens with one attached hydrogen (secondary N) is 1. The number of carboxylic acids is 1. The first-order valence-corrected chi connectivity index (χ1v) is 7.60. The Labute approximate surface area is 124 Å². The Hall–Kier alpha value is -1.81. The normalized spacial score (nSPS) is 33.7. The van der Waals surface area contributed by atoms with Gasteiger partial charge in [0.05, 0.1) is 5.92 Å². The molecule has 3 aliphatic rings. The SMILES string of the molecule is CC1C2CNc3cccc(c32)C2=C[C@@H](C(=O)O)CN(C)[C@@H]21. The highest BCUT2D eigenvalue weighted by Crippen LogP contribution is 2.51. The molecule has 0 spiro atoms. The smallest absolute Gasteiger partial charge is 0.311 e. The lowest BCUT2D eigenvalue weighted by Gasteiger charge is -2.45. The number of fused-ring (bicyclic) bond motifs is 2. The molecule has 1 aromatic rings. The first kappa shape index (κ1) is 12.9. The van der Waals surface area contributed by atoms with Crippen LogP contribution in [0.2, 0.25) is 0 Å². The molecule has 4 rings (SSSR count). The number of hydrogen-bond acceptors (Lipinski definition) is 3. The van der Waals surface area contributed by atoms with Gasteiger partial charge < -0.3 is 10.4 Å². The molecule has 2 N–H and O–H groups in total. The van der Waals surface area contributed by atoms with Gasteiger partial charge in [0.1, 0.15) is 0 Å². The maximum atomic E-state index is 11.4. The molecule has 4 nitrogen and oxygen atoms in total. The standard InChI is InChI=1S/C17H20N2O2/c1-9-13-7-18-14-5-3-4-11(15(13)14)12-6-10(17(20)21)8-19(2)16(9)12/h3-6,9-10,13,16,18H,7-8H2,1-2H3,(H,20,21)/t9?,10-,13?,16-/m1/s1. The summed E-state index contributed by atoms with van der Waals surface area (Å²) in [6, 6.07) is 6.69. The number of carbonyl (C=O) groups is 1. The Morgan fingerprint density at radius 2 is 2.24 bits per heavy atom. The van der Waals surface area contributed by atoms with Crippen LogP contribution in [0, 0.1) is 11.8 Å². The molecule has 0 radical (unpaired) electrons. The molecule has 0 fully saturated rings. The van der Waals surface area contributed by atoms with Gasteiger partial charge in [-0.25, -0.2) is 0 Å². The topological polar surface area (TPSA) is 52.6 Å². The van der Waals surface area contributed by atoms with E-state index in [4.69, 9.17) is 0 Å². The van der Waals surface area contributed by atoms with Crippen LogP contribution in [0.3, 0.4) is 0 Å². The Morgan fingerprint density at radius 1 is 1.43 bits per heavy atom. The van der Waals surface area contributed by atoms with E-state index >= 15 is 0 Å². The molecule has 110 valence electrons. The number of benzene rings is 1. The van der Waals surface area contributed by atoms with E-state index in [1.807, 2.05) is 6.08 Å². The predicted molar refractivity (Wildman–Crippen MR) is 82.4 cm³/mol. The van der Waals surface area contributed by atoms with Gasteiger partial charge >= 0.3 is 5.97 Å². The van der Waals surface area contributed by atoms with E-state index in [0.29, 0.717) is 24.4 Å². The average molecular weight is 284 g/mol. The summed E-state index contributed by atoms with van der Waals surface area (Å²) in [5, 5.41) is 12.9. The largest absolute Gasteiger partial charge is 0.481 e. The maximum absolute atomic E-state index is 11.4. The third kappa shape index (κ3) is 1.69. The van der Waals surface area contributed by atoms with Crippen LogP contribution >= 0.6 is 0 Å². The summed E-state index contributed by atoms with van der Waals surface area (Å²) in [6.45, 7) is 3.89. The lowest BCUT2D eigenvalue weighted by atomic mass is 9.69. The number of nitrogens with zero attached hydrogens (tertiary/aromatic N) is 1. The van der Waals surface area contributed by atoms with Crippen molar-refractivity contribution in [3.8, 4) is 0 Å². The number of hydrogen-bond donors (Lipinski definition) is 2. The molecule has 0 amide bonds. The Kier molecular flexibility index (Phi) is 2.67. The Morgan fingerprint density at radius 3 is 3.00 bits per heavy atom. The Bertz CT molecular complexity index is 652. The monoisotopic (exact) mass is 284 g/mol. The van der Waals surface area contributed by atoms with Gasteiger partial charge in [-0.15, -0.1) is 0 Å². The molecule has 0 saturated carbocycles. The van der Waals surface area contributed by atoms with Gasteiger partial charge in [0.25, 0.3) is 0 Å². The second kappa shape index (κ2) is 4.34. The summed E-state index contributed by atoms with van der Waals surface area (Å²) >= 11 is 0. The van der Waals surface area contributed by atoms with E-state index in [9.17, 15) is 9.90 Å². The van der Waals surface area contributed by atoms with E-state index in [1.54, 1.807) is 0 Å². The quantitative estimate of drug-likeness (QED) is 0.830. The van der Waals surface area contributed by atoms with Crippen LogP contribution in [-0.4, -0.2) is 42.2 Å². The van der Waals surface area contributed by atoms with Gasteiger partial charge in [-0.1, -0.05) is 25.1 Å². The summed E-state index contributed by atoms with van der Waals surface area (Å²) in [5.41, 5.74) is 5.08. The van der Waals surface area contributed by atoms with Crippen molar-refractivity contribution in [3.63, 3.8) is 0 Å². The van der Waals surface area contributed by atoms with Crippen LogP contribution in [0.4, 0.5) is 5.69 Å². The van der Waals surface area contributed by atoms with Gasteiger partial charge in [-0.2, -0.15) is 0 Å². The van der Waals surface area contributed by atoms with Crippen molar-refractivity contribution in [1.82, 2.24) is 4.90 Å². The highest BCUT2D eigenvalue weighted by atomic mass is 16.4. The molecule has 0 saturated heterocycles. The zero-order valence-electron chi connectivity index (χ0n) is 12.3. The molecule has 1 aromatic carbocycles. The first-order valence-electron chi connectivity index (χ1n) is 7.60. The number of carboxylic acid groups (broad SMARTS) is 1. The fraction of sp³-hybridized carbons (Fsp3) is 0.471. The van der Waals surface area contributed by atoms with E-state index in [0.717, 1.165) is 6.54 Å². The van der Waals surface area contributed by atoms with Crippen molar-refractivity contribution >= 4 is 17.2 Å². The van der Waals surface area contributed by atoms with Crippen LogP contribution < -0.4 is 5.32 Å². The number of anilines is 1. The van der Waals surface area contributed by atoms with Crippen molar-refractivity contribution in [2.45, 2.75) is 18.9 Å². The molecular weight excluding hydrogens is 264 g/mol. The van der Waals surface area contributed by atoms with Crippen LogP contribution in [0.15, 0.2) is 24.3 Å². The Balaban J connectivity index is 1.92. The minimum atomic E-state index is -0.728. The highest BCUT2D eigenvalue weighted by molar-refractivity contribution is 5.85.